The van der Waals surface area contributed by atoms with Crippen molar-refractivity contribution in [3.05, 3.63) is 14.5 Å². The highest BCUT2D eigenvalue weighted by Gasteiger charge is 2.28. The van der Waals surface area contributed by atoms with Crippen LogP contribution in [-0.4, -0.2) is 16.9 Å². The molecule has 2 rings (SSSR count). The van der Waals surface area contributed by atoms with Crippen molar-refractivity contribution in [1.29, 1.82) is 0 Å². The Bertz CT molecular complexity index is 506. The summed E-state index contributed by atoms with van der Waals surface area (Å²) in [5.74, 6) is 1.40. The average Bonchev–Trinajstić information content (AvgIpc) is 2.64. The van der Waals surface area contributed by atoms with E-state index in [9.17, 15) is 4.79 Å². The van der Waals surface area contributed by atoms with E-state index in [0.717, 1.165) is 20.9 Å². The van der Waals surface area contributed by atoms with Crippen LogP contribution in [0.1, 0.15) is 43.7 Å². The van der Waals surface area contributed by atoms with Crippen molar-refractivity contribution in [3.8, 4) is 0 Å². The molecule has 19 heavy (non-hydrogen) atoms. The first kappa shape index (κ1) is 14.7. The van der Waals surface area contributed by atoms with Gasteiger partial charge in [0.2, 0.25) is 5.91 Å². The number of aromatic nitrogens is 1. The van der Waals surface area contributed by atoms with Gasteiger partial charge in [-0.25, -0.2) is 0 Å². The lowest BCUT2D eigenvalue weighted by Crippen LogP contribution is -2.44. The van der Waals surface area contributed by atoms with E-state index in [2.05, 4.69) is 24.1 Å². The van der Waals surface area contributed by atoms with E-state index in [-0.39, 0.29) is 5.91 Å². The summed E-state index contributed by atoms with van der Waals surface area (Å²) in [7, 11) is 0. The fourth-order valence-electron chi connectivity index (χ4n) is 2.79. The Hall–Kier alpha value is -0.680. The normalized spacial score (nSPS) is 27.2. The van der Waals surface area contributed by atoms with Gasteiger partial charge in [0.1, 0.15) is 0 Å². The summed E-state index contributed by atoms with van der Waals surface area (Å²) in [4.78, 5) is 16.3. The minimum Gasteiger partial charge on any atom is -0.353 e. The Balaban J connectivity index is 1.94. The van der Waals surface area contributed by atoms with Crippen molar-refractivity contribution in [2.24, 2.45) is 11.8 Å². The summed E-state index contributed by atoms with van der Waals surface area (Å²) in [5.41, 5.74) is 1.02. The molecule has 3 unspecified atom stereocenters. The van der Waals surface area contributed by atoms with Crippen LogP contribution in [-0.2, 0) is 11.2 Å². The molecule has 1 aliphatic carbocycles. The van der Waals surface area contributed by atoms with Gasteiger partial charge in [0.05, 0.1) is 6.42 Å². The van der Waals surface area contributed by atoms with Crippen LogP contribution in [0.25, 0.3) is 0 Å². The first-order chi connectivity index (χ1) is 8.97. The van der Waals surface area contributed by atoms with E-state index in [1.54, 1.807) is 0 Å². The van der Waals surface area contributed by atoms with Gasteiger partial charge in [-0.2, -0.15) is 0 Å². The van der Waals surface area contributed by atoms with Gasteiger partial charge in [-0.3, -0.25) is 4.79 Å². The van der Waals surface area contributed by atoms with E-state index in [1.165, 1.54) is 24.2 Å². The minimum atomic E-state index is 0.124. The van der Waals surface area contributed by atoms with Crippen LogP contribution in [0.2, 0.25) is 0 Å². The number of carbonyl (C=O) groups is 1. The Kier molecular flexibility index (Phi) is 4.79. The second-order valence-corrected chi connectivity index (χ2v) is 7.45. The van der Waals surface area contributed by atoms with Crippen molar-refractivity contribution in [2.75, 3.05) is 0 Å². The lowest BCUT2D eigenvalue weighted by Gasteiger charge is -2.34. The molecule has 1 saturated carbocycles. The second kappa shape index (κ2) is 6.18. The Morgan fingerprint density at radius 3 is 2.84 bits per heavy atom. The number of rotatable bonds is 3. The molecule has 106 valence electrons. The molecule has 3 nitrogen and oxygen atoms in total. The molecule has 1 aromatic heterocycles. The fourth-order valence-corrected chi connectivity index (χ4v) is 4.08. The Morgan fingerprint density at radius 1 is 1.47 bits per heavy atom. The number of hydrogen-bond acceptors (Lipinski definition) is 3. The zero-order valence-corrected chi connectivity index (χ0v) is 13.4. The van der Waals surface area contributed by atoms with Crippen LogP contribution in [0.3, 0.4) is 0 Å². The van der Waals surface area contributed by atoms with Crippen molar-refractivity contribution < 1.29 is 4.79 Å². The number of aromatic amines is 1. The number of thiazole rings is 1. The molecule has 0 radical (unpaired) electrons. The van der Waals surface area contributed by atoms with Crippen molar-refractivity contribution in [1.82, 2.24) is 10.3 Å². The summed E-state index contributed by atoms with van der Waals surface area (Å²) >= 11 is 6.60. The maximum atomic E-state index is 12.1. The first-order valence-corrected chi connectivity index (χ1v) is 8.17. The van der Waals surface area contributed by atoms with Crippen LogP contribution in [0.15, 0.2) is 0 Å². The first-order valence-electron chi connectivity index (χ1n) is 6.95. The Labute approximate surface area is 123 Å². The van der Waals surface area contributed by atoms with Gasteiger partial charge in [0.25, 0.3) is 0 Å². The molecule has 0 saturated heterocycles. The Morgan fingerprint density at radius 2 is 2.21 bits per heavy atom. The molecule has 1 fully saturated rings. The van der Waals surface area contributed by atoms with Crippen molar-refractivity contribution in [3.63, 3.8) is 0 Å². The van der Waals surface area contributed by atoms with E-state index >= 15 is 0 Å². The third kappa shape index (κ3) is 3.66. The summed E-state index contributed by atoms with van der Waals surface area (Å²) < 4.78 is 0.750. The lowest BCUT2D eigenvalue weighted by molar-refractivity contribution is -0.121. The molecule has 1 amide bonds. The predicted molar refractivity (Wildman–Crippen MR) is 82.1 cm³/mol. The summed E-state index contributed by atoms with van der Waals surface area (Å²) in [6.45, 7) is 6.51. The van der Waals surface area contributed by atoms with E-state index in [4.69, 9.17) is 12.2 Å². The molecule has 0 bridgehead atoms. The van der Waals surface area contributed by atoms with Gasteiger partial charge < -0.3 is 10.3 Å². The van der Waals surface area contributed by atoms with Gasteiger partial charge >= 0.3 is 0 Å². The topological polar surface area (TPSA) is 44.9 Å². The van der Waals surface area contributed by atoms with E-state index in [1.807, 2.05) is 6.92 Å². The van der Waals surface area contributed by atoms with Crippen LogP contribution in [0.4, 0.5) is 0 Å². The largest absolute Gasteiger partial charge is 0.353 e. The van der Waals surface area contributed by atoms with E-state index in [0.29, 0.717) is 24.3 Å². The minimum absolute atomic E-state index is 0.124. The maximum absolute atomic E-state index is 12.1. The molecule has 3 atom stereocenters. The number of hydrogen-bond donors (Lipinski definition) is 2. The second-order valence-electron chi connectivity index (χ2n) is 5.68. The summed E-state index contributed by atoms with van der Waals surface area (Å²) in [6.07, 6.45) is 4.06. The smallest absolute Gasteiger partial charge is 0.225 e. The third-order valence-corrected chi connectivity index (χ3v) is 5.63. The monoisotopic (exact) mass is 298 g/mol. The quantitative estimate of drug-likeness (QED) is 0.838. The highest BCUT2D eigenvalue weighted by molar-refractivity contribution is 7.73. The molecule has 1 heterocycles. The number of aryl methyl sites for hydroxylation is 1. The van der Waals surface area contributed by atoms with Crippen molar-refractivity contribution in [2.45, 2.75) is 52.5 Å². The van der Waals surface area contributed by atoms with Gasteiger partial charge in [0.15, 0.2) is 3.95 Å². The molecule has 2 N–H and O–H groups in total. The van der Waals surface area contributed by atoms with Gasteiger partial charge in [-0.15, -0.1) is 11.3 Å². The van der Waals surface area contributed by atoms with Gasteiger partial charge in [-0.05, 0) is 37.4 Å². The molecule has 5 heteroatoms. The van der Waals surface area contributed by atoms with Crippen molar-refractivity contribution >= 4 is 29.5 Å². The van der Waals surface area contributed by atoms with E-state index < -0.39 is 0 Å². The highest BCUT2D eigenvalue weighted by atomic mass is 32.1. The standard InChI is InChI=1S/C14H22N2OS2/c1-8-5-4-6-11(9(8)2)16-13(17)7-12-10(3)15-14(18)19-12/h8-9,11H,4-7H2,1-3H3,(H,15,18)(H,16,17). The number of nitrogens with one attached hydrogen (secondary N) is 2. The molecular weight excluding hydrogens is 276 g/mol. The lowest BCUT2D eigenvalue weighted by atomic mass is 9.78. The summed E-state index contributed by atoms with van der Waals surface area (Å²) in [5, 5.41) is 3.20. The van der Waals surface area contributed by atoms with Crippen LogP contribution >= 0.6 is 23.6 Å². The fraction of sp³-hybridized carbons (Fsp3) is 0.714. The highest BCUT2D eigenvalue weighted by Crippen LogP contribution is 2.29. The molecular formula is C14H22N2OS2. The third-order valence-electron chi connectivity index (χ3n) is 4.30. The van der Waals surface area contributed by atoms with Crippen LogP contribution in [0, 0.1) is 22.7 Å². The molecule has 0 aromatic carbocycles. The predicted octanol–water partition coefficient (Wildman–Crippen LogP) is 3.60. The van der Waals surface area contributed by atoms with Crippen LogP contribution in [0.5, 0.6) is 0 Å². The molecule has 1 aliphatic rings. The number of H-pyrrole nitrogens is 1. The zero-order valence-electron chi connectivity index (χ0n) is 11.8. The molecule has 1 aromatic rings. The SMILES string of the molecule is Cc1[nH]c(=S)sc1CC(=O)NC1CCCC(C)C1C. The molecule has 0 spiro atoms. The average molecular weight is 298 g/mol. The maximum Gasteiger partial charge on any atom is 0.225 e. The number of amides is 1. The number of carbonyl (C=O) groups excluding carboxylic acids is 1. The molecule has 0 aliphatic heterocycles. The van der Waals surface area contributed by atoms with Gasteiger partial charge in [0, 0.05) is 16.6 Å². The van der Waals surface area contributed by atoms with Crippen LogP contribution < -0.4 is 5.32 Å². The summed E-state index contributed by atoms with van der Waals surface area (Å²) in [6, 6.07) is 0.337. The van der Waals surface area contributed by atoms with Gasteiger partial charge in [-0.1, -0.05) is 26.7 Å². The zero-order chi connectivity index (χ0) is 14.0.